The summed E-state index contributed by atoms with van der Waals surface area (Å²) in [6.07, 6.45) is 4.00. The van der Waals surface area contributed by atoms with Gasteiger partial charge < -0.3 is 16.4 Å². The molecule has 1 amide bonds. The van der Waals surface area contributed by atoms with Crippen LogP contribution in [0.1, 0.15) is 54.5 Å². The van der Waals surface area contributed by atoms with E-state index >= 15 is 0 Å². The third kappa shape index (κ3) is 5.45. The van der Waals surface area contributed by atoms with Crippen LogP contribution in [0.15, 0.2) is 29.3 Å². The van der Waals surface area contributed by atoms with Crippen molar-refractivity contribution in [3.8, 4) is 0 Å². The molecule has 2 aliphatic rings. The molecule has 9 heteroatoms. The number of hydrogen-bond donors (Lipinski definition) is 3. The van der Waals surface area contributed by atoms with Crippen molar-refractivity contribution in [1.29, 1.82) is 0 Å². The molecule has 0 aliphatic carbocycles. The Balaban J connectivity index is 1.33. The van der Waals surface area contributed by atoms with Crippen LogP contribution in [-0.2, 0) is 24.4 Å². The Morgan fingerprint density at radius 1 is 1.25 bits per heavy atom. The summed E-state index contributed by atoms with van der Waals surface area (Å²) in [4.78, 5) is 22.9. The molecular formula is C23H34N8O. The average Bonchev–Trinajstić information content (AvgIpc) is 3.18. The highest BCUT2D eigenvalue weighted by atomic mass is 16.1. The summed E-state index contributed by atoms with van der Waals surface area (Å²) >= 11 is 0. The number of fused-ring (bicyclic) bond motifs is 1. The predicted octanol–water partition coefficient (Wildman–Crippen LogP) is 1.48. The van der Waals surface area contributed by atoms with Gasteiger partial charge in [-0.3, -0.25) is 14.7 Å². The molecule has 0 saturated carbocycles. The summed E-state index contributed by atoms with van der Waals surface area (Å²) in [5.74, 6) is 2.34. The monoisotopic (exact) mass is 438 g/mol. The predicted molar refractivity (Wildman–Crippen MR) is 124 cm³/mol. The molecule has 2 unspecified atom stereocenters. The van der Waals surface area contributed by atoms with Crippen molar-refractivity contribution in [2.75, 3.05) is 20.1 Å². The molecule has 1 aromatic heterocycles. The number of benzene rings is 1. The second-order valence-corrected chi connectivity index (χ2v) is 8.80. The van der Waals surface area contributed by atoms with E-state index in [1.54, 1.807) is 7.05 Å². The first kappa shape index (κ1) is 22.3. The lowest BCUT2D eigenvalue weighted by atomic mass is 9.97. The third-order valence-corrected chi connectivity index (χ3v) is 6.28. The number of likely N-dealkylation sites (tertiary alicyclic amines) is 1. The Hall–Kier alpha value is -2.94. The molecule has 0 spiro atoms. The number of aryl methyl sites for hydroxylation is 2. The minimum atomic E-state index is -0.182. The molecule has 0 radical (unpaired) electrons. The lowest BCUT2D eigenvalue weighted by Gasteiger charge is -2.31. The van der Waals surface area contributed by atoms with Gasteiger partial charge in [-0.2, -0.15) is 5.10 Å². The van der Waals surface area contributed by atoms with Crippen molar-refractivity contribution in [3.05, 3.63) is 47.0 Å². The number of nitrogens with one attached hydrogen (secondary N) is 2. The lowest BCUT2D eigenvalue weighted by Crippen LogP contribution is -2.41. The SMILES string of the molecule is CN=C(NCc1cccc(CN2CCCC(C(N)=O)C2)c1)NC1CCCn2nc(C)nc21. The Morgan fingerprint density at radius 2 is 2.06 bits per heavy atom. The van der Waals surface area contributed by atoms with Crippen LogP contribution in [-0.4, -0.2) is 51.7 Å². The van der Waals surface area contributed by atoms with Gasteiger partial charge in [-0.15, -0.1) is 0 Å². The van der Waals surface area contributed by atoms with Crippen molar-refractivity contribution < 1.29 is 4.79 Å². The quantitative estimate of drug-likeness (QED) is 0.465. The van der Waals surface area contributed by atoms with Gasteiger partial charge in [-0.25, -0.2) is 9.67 Å². The molecule has 0 bridgehead atoms. The zero-order valence-corrected chi connectivity index (χ0v) is 19.0. The summed E-state index contributed by atoms with van der Waals surface area (Å²) < 4.78 is 2.00. The Kier molecular flexibility index (Phi) is 7.04. The number of hydrogen-bond acceptors (Lipinski definition) is 5. The smallest absolute Gasteiger partial charge is 0.221 e. The number of carbonyl (C=O) groups is 1. The molecule has 2 aliphatic heterocycles. The van der Waals surface area contributed by atoms with Crippen LogP contribution in [0, 0.1) is 12.8 Å². The largest absolute Gasteiger partial charge is 0.369 e. The van der Waals surface area contributed by atoms with Crippen LogP contribution in [0.4, 0.5) is 0 Å². The van der Waals surface area contributed by atoms with E-state index in [-0.39, 0.29) is 17.9 Å². The van der Waals surface area contributed by atoms with Gasteiger partial charge in [-0.05, 0) is 50.3 Å². The van der Waals surface area contributed by atoms with Gasteiger partial charge in [0.1, 0.15) is 11.6 Å². The average molecular weight is 439 g/mol. The number of aromatic nitrogens is 3. The normalized spacial score (nSPS) is 21.8. The van der Waals surface area contributed by atoms with Crippen molar-refractivity contribution in [2.45, 2.75) is 58.3 Å². The van der Waals surface area contributed by atoms with E-state index in [0.29, 0.717) is 6.54 Å². The topological polar surface area (TPSA) is 113 Å². The molecule has 1 aromatic carbocycles. The molecule has 4 rings (SSSR count). The van der Waals surface area contributed by atoms with Crippen LogP contribution in [0.5, 0.6) is 0 Å². The van der Waals surface area contributed by atoms with E-state index in [9.17, 15) is 4.79 Å². The fourth-order valence-electron chi connectivity index (χ4n) is 4.68. The maximum absolute atomic E-state index is 11.6. The van der Waals surface area contributed by atoms with E-state index in [4.69, 9.17) is 5.73 Å². The minimum Gasteiger partial charge on any atom is -0.369 e. The second-order valence-electron chi connectivity index (χ2n) is 8.80. The third-order valence-electron chi connectivity index (χ3n) is 6.28. The molecule has 172 valence electrons. The van der Waals surface area contributed by atoms with E-state index in [0.717, 1.165) is 69.5 Å². The summed E-state index contributed by atoms with van der Waals surface area (Å²) in [5.41, 5.74) is 7.96. The van der Waals surface area contributed by atoms with Gasteiger partial charge in [0.2, 0.25) is 5.91 Å². The van der Waals surface area contributed by atoms with Crippen LogP contribution in [0.25, 0.3) is 0 Å². The van der Waals surface area contributed by atoms with Gasteiger partial charge in [0.25, 0.3) is 0 Å². The minimum absolute atomic E-state index is 0.0302. The van der Waals surface area contributed by atoms with E-state index in [1.807, 2.05) is 11.6 Å². The van der Waals surface area contributed by atoms with Crippen molar-refractivity contribution >= 4 is 11.9 Å². The second kappa shape index (κ2) is 10.1. The maximum atomic E-state index is 11.6. The summed E-state index contributed by atoms with van der Waals surface area (Å²) in [7, 11) is 1.79. The standard InChI is InChI=1S/C23H34N8O/c1-16-27-22-20(9-5-11-31(22)29-16)28-23(25-2)26-13-17-6-3-7-18(12-17)14-30-10-4-8-19(15-30)21(24)32/h3,6-7,12,19-20H,4-5,8-11,13-15H2,1-2H3,(H2,24,32)(H2,25,26,28). The number of amides is 1. The molecule has 2 atom stereocenters. The van der Waals surface area contributed by atoms with Crippen LogP contribution in [0.2, 0.25) is 0 Å². The van der Waals surface area contributed by atoms with Crippen LogP contribution in [0.3, 0.4) is 0 Å². The number of nitrogens with two attached hydrogens (primary N) is 1. The first-order valence-electron chi connectivity index (χ1n) is 11.5. The van der Waals surface area contributed by atoms with Crippen molar-refractivity contribution in [3.63, 3.8) is 0 Å². The Morgan fingerprint density at radius 3 is 2.88 bits per heavy atom. The lowest BCUT2D eigenvalue weighted by molar-refractivity contribution is -0.123. The number of carbonyl (C=O) groups excluding carboxylic acids is 1. The molecule has 3 heterocycles. The van der Waals surface area contributed by atoms with Gasteiger partial charge in [0.15, 0.2) is 5.96 Å². The summed E-state index contributed by atoms with van der Waals surface area (Å²) in [6.45, 7) is 6.12. The maximum Gasteiger partial charge on any atom is 0.221 e. The fourth-order valence-corrected chi connectivity index (χ4v) is 4.68. The van der Waals surface area contributed by atoms with Crippen molar-refractivity contribution in [1.82, 2.24) is 30.3 Å². The van der Waals surface area contributed by atoms with Crippen LogP contribution < -0.4 is 16.4 Å². The molecule has 1 fully saturated rings. The molecule has 4 N–H and O–H groups in total. The first-order chi connectivity index (χ1) is 15.5. The molecule has 1 saturated heterocycles. The molecule has 9 nitrogen and oxygen atoms in total. The zero-order valence-electron chi connectivity index (χ0n) is 19.0. The summed E-state index contributed by atoms with van der Waals surface area (Å²) in [5, 5.41) is 11.4. The number of nitrogens with zero attached hydrogens (tertiary/aromatic N) is 5. The molecule has 2 aromatic rings. The zero-order chi connectivity index (χ0) is 22.5. The van der Waals surface area contributed by atoms with E-state index < -0.39 is 0 Å². The van der Waals surface area contributed by atoms with Gasteiger partial charge in [0.05, 0.1) is 12.0 Å². The fraction of sp³-hybridized carbons (Fsp3) is 0.565. The molecule has 32 heavy (non-hydrogen) atoms. The number of primary amides is 1. The van der Waals surface area contributed by atoms with E-state index in [2.05, 4.69) is 54.9 Å². The van der Waals surface area contributed by atoms with Crippen molar-refractivity contribution in [2.24, 2.45) is 16.6 Å². The van der Waals surface area contributed by atoms with Gasteiger partial charge in [0, 0.05) is 33.2 Å². The van der Waals surface area contributed by atoms with Crippen LogP contribution >= 0.6 is 0 Å². The number of aliphatic imine (C=N–C) groups is 1. The molecular weight excluding hydrogens is 404 g/mol. The summed E-state index contributed by atoms with van der Waals surface area (Å²) in [6, 6.07) is 8.67. The number of guanidine groups is 1. The Labute approximate surface area is 189 Å². The van der Waals surface area contributed by atoms with E-state index in [1.165, 1.54) is 11.1 Å². The highest BCUT2D eigenvalue weighted by molar-refractivity contribution is 5.80. The first-order valence-corrected chi connectivity index (χ1v) is 11.5. The number of rotatable bonds is 6. The van der Waals surface area contributed by atoms with Gasteiger partial charge >= 0.3 is 0 Å². The Bertz CT molecular complexity index is 969. The highest BCUT2D eigenvalue weighted by Crippen LogP contribution is 2.23. The number of piperidine rings is 1. The highest BCUT2D eigenvalue weighted by Gasteiger charge is 2.25. The van der Waals surface area contributed by atoms with Gasteiger partial charge in [-0.1, -0.05) is 24.3 Å².